The van der Waals surface area contributed by atoms with Crippen molar-refractivity contribution in [3.05, 3.63) is 53.6 Å². The van der Waals surface area contributed by atoms with Gasteiger partial charge in [0.25, 0.3) is 5.91 Å². The maximum absolute atomic E-state index is 13.7. The predicted octanol–water partition coefficient (Wildman–Crippen LogP) is 3.64. The summed E-state index contributed by atoms with van der Waals surface area (Å²) >= 11 is 0. The van der Waals surface area contributed by atoms with Crippen LogP contribution in [0.25, 0.3) is 0 Å². The van der Waals surface area contributed by atoms with E-state index < -0.39 is 5.41 Å². The largest absolute Gasteiger partial charge is 0.342 e. The first-order valence-electron chi connectivity index (χ1n) is 11.6. The minimum Gasteiger partial charge on any atom is -0.342 e. The lowest BCUT2D eigenvalue weighted by Crippen LogP contribution is -2.41. The zero-order valence-corrected chi connectivity index (χ0v) is 18.8. The molecule has 0 N–H and O–H groups in total. The first-order chi connectivity index (χ1) is 14.9. The Morgan fingerprint density at radius 3 is 2.71 bits per heavy atom. The summed E-state index contributed by atoms with van der Waals surface area (Å²) in [5, 5.41) is 0. The zero-order chi connectivity index (χ0) is 21.8. The smallest absolute Gasteiger partial charge is 0.254 e. The maximum Gasteiger partial charge on any atom is 0.254 e. The van der Waals surface area contributed by atoms with Crippen LogP contribution in [0.1, 0.15) is 66.7 Å². The van der Waals surface area contributed by atoms with Crippen molar-refractivity contribution in [1.29, 1.82) is 0 Å². The number of rotatable bonds is 5. The normalized spacial score (nSPS) is 25.9. The van der Waals surface area contributed by atoms with Gasteiger partial charge in [0.1, 0.15) is 0 Å². The number of amides is 2. The Balaban J connectivity index is 1.48. The van der Waals surface area contributed by atoms with Crippen LogP contribution in [0.15, 0.2) is 36.8 Å². The molecule has 2 atom stereocenters. The SMILES string of the molecule is Cc1ccccc1C(=O)N1C[C@@H](c2cn(C(C)C)cn2)[C@]2(CCN(CC3CC3)C2=O)C1. The van der Waals surface area contributed by atoms with E-state index in [9.17, 15) is 9.59 Å². The molecule has 3 fully saturated rings. The topological polar surface area (TPSA) is 58.4 Å². The van der Waals surface area contributed by atoms with E-state index >= 15 is 0 Å². The lowest BCUT2D eigenvalue weighted by atomic mass is 9.75. The fraction of sp³-hybridized carbons (Fsp3) is 0.560. The summed E-state index contributed by atoms with van der Waals surface area (Å²) in [5.41, 5.74) is 2.09. The quantitative estimate of drug-likeness (QED) is 0.742. The van der Waals surface area contributed by atoms with Gasteiger partial charge in [0.15, 0.2) is 0 Å². The van der Waals surface area contributed by atoms with E-state index in [2.05, 4.69) is 29.5 Å². The zero-order valence-electron chi connectivity index (χ0n) is 18.8. The highest BCUT2D eigenvalue weighted by atomic mass is 16.2. The molecule has 0 radical (unpaired) electrons. The minimum absolute atomic E-state index is 0.0247. The number of hydrogen-bond donors (Lipinski definition) is 0. The highest BCUT2D eigenvalue weighted by Crippen LogP contribution is 2.50. The monoisotopic (exact) mass is 420 g/mol. The van der Waals surface area contributed by atoms with E-state index in [1.165, 1.54) is 12.8 Å². The molecular formula is C25H32N4O2. The van der Waals surface area contributed by atoms with Crippen LogP contribution in [0, 0.1) is 18.3 Å². The average Bonchev–Trinajstić information content (AvgIpc) is 3.17. The van der Waals surface area contributed by atoms with Crippen LogP contribution >= 0.6 is 0 Å². The van der Waals surface area contributed by atoms with Crippen molar-refractivity contribution >= 4 is 11.8 Å². The molecule has 1 saturated carbocycles. The van der Waals surface area contributed by atoms with Crippen molar-refractivity contribution in [2.45, 2.75) is 52.0 Å². The van der Waals surface area contributed by atoms with Gasteiger partial charge in [-0.2, -0.15) is 0 Å². The Labute approximate surface area is 184 Å². The van der Waals surface area contributed by atoms with Crippen molar-refractivity contribution in [1.82, 2.24) is 19.4 Å². The van der Waals surface area contributed by atoms with Crippen LogP contribution in [0.5, 0.6) is 0 Å². The number of aromatic nitrogens is 2. The third kappa shape index (κ3) is 3.46. The molecule has 6 nitrogen and oxygen atoms in total. The Morgan fingerprint density at radius 1 is 1.26 bits per heavy atom. The van der Waals surface area contributed by atoms with Crippen LogP contribution in [0.4, 0.5) is 0 Å². The molecule has 1 spiro atoms. The highest BCUT2D eigenvalue weighted by Gasteiger charge is 2.59. The molecule has 6 heteroatoms. The van der Waals surface area contributed by atoms with Gasteiger partial charge in [-0.3, -0.25) is 9.59 Å². The molecule has 164 valence electrons. The molecule has 1 aromatic carbocycles. The Kier molecular flexibility index (Phi) is 4.91. The Bertz CT molecular complexity index is 1010. The van der Waals surface area contributed by atoms with Crippen molar-refractivity contribution in [3.8, 4) is 0 Å². The number of imidazole rings is 1. The van der Waals surface area contributed by atoms with E-state index in [0.29, 0.717) is 25.0 Å². The maximum atomic E-state index is 13.7. The van der Waals surface area contributed by atoms with Crippen molar-refractivity contribution < 1.29 is 9.59 Å². The number of aryl methyl sites for hydroxylation is 1. The van der Waals surface area contributed by atoms with Gasteiger partial charge in [0.05, 0.1) is 17.4 Å². The molecule has 2 aliphatic heterocycles. The number of benzene rings is 1. The number of carbonyl (C=O) groups excluding carboxylic acids is 2. The molecule has 2 aromatic rings. The van der Waals surface area contributed by atoms with Gasteiger partial charge in [-0.05, 0) is 57.6 Å². The summed E-state index contributed by atoms with van der Waals surface area (Å²) in [6.07, 6.45) is 7.21. The number of hydrogen-bond acceptors (Lipinski definition) is 3. The van der Waals surface area contributed by atoms with E-state index in [4.69, 9.17) is 4.98 Å². The molecule has 1 aromatic heterocycles. The fourth-order valence-electron chi connectivity index (χ4n) is 5.35. The van der Waals surface area contributed by atoms with Crippen LogP contribution in [0.2, 0.25) is 0 Å². The summed E-state index contributed by atoms with van der Waals surface area (Å²) in [5.74, 6) is 0.862. The summed E-state index contributed by atoms with van der Waals surface area (Å²) in [6.45, 7) is 8.93. The lowest BCUT2D eigenvalue weighted by Gasteiger charge is -2.28. The molecule has 31 heavy (non-hydrogen) atoms. The number of nitrogens with zero attached hydrogens (tertiary/aromatic N) is 4. The van der Waals surface area contributed by atoms with Crippen LogP contribution < -0.4 is 0 Å². The van der Waals surface area contributed by atoms with E-state index in [1.54, 1.807) is 0 Å². The predicted molar refractivity (Wildman–Crippen MR) is 119 cm³/mol. The van der Waals surface area contributed by atoms with Crippen molar-refractivity contribution in [2.75, 3.05) is 26.2 Å². The van der Waals surface area contributed by atoms with Gasteiger partial charge < -0.3 is 14.4 Å². The molecular weight excluding hydrogens is 388 g/mol. The molecule has 5 rings (SSSR count). The fourth-order valence-corrected chi connectivity index (χ4v) is 5.35. The summed E-state index contributed by atoms with van der Waals surface area (Å²) in [4.78, 5) is 35.9. The van der Waals surface area contributed by atoms with Crippen LogP contribution in [-0.2, 0) is 4.79 Å². The first kappa shape index (κ1) is 20.3. The van der Waals surface area contributed by atoms with Crippen molar-refractivity contribution in [3.63, 3.8) is 0 Å². The average molecular weight is 421 g/mol. The Morgan fingerprint density at radius 2 is 2.03 bits per heavy atom. The van der Waals surface area contributed by atoms with E-state index in [1.807, 2.05) is 42.4 Å². The number of likely N-dealkylation sites (tertiary alicyclic amines) is 2. The third-order valence-electron chi connectivity index (χ3n) is 7.50. The first-order valence-corrected chi connectivity index (χ1v) is 11.6. The van der Waals surface area contributed by atoms with E-state index in [0.717, 1.165) is 36.3 Å². The van der Waals surface area contributed by atoms with Gasteiger partial charge in [-0.25, -0.2) is 4.98 Å². The summed E-state index contributed by atoms with van der Waals surface area (Å²) in [7, 11) is 0. The van der Waals surface area contributed by atoms with Gasteiger partial charge in [0.2, 0.25) is 5.91 Å². The lowest BCUT2D eigenvalue weighted by molar-refractivity contribution is -0.136. The number of carbonyl (C=O) groups is 2. The molecule has 0 unspecified atom stereocenters. The molecule has 0 bridgehead atoms. The standard InChI is InChI=1S/C25H32N4O2/c1-17(2)29-14-22(26-16-29)21-13-28(23(30)20-7-5-4-6-18(20)3)15-25(21)10-11-27(24(25)31)12-19-8-9-19/h4-7,14,16-17,19,21H,8-13,15H2,1-3H3/t21-,25-/m0/s1. The minimum atomic E-state index is -0.552. The summed E-state index contributed by atoms with van der Waals surface area (Å²) in [6, 6.07) is 8.04. The molecule has 3 aliphatic rings. The van der Waals surface area contributed by atoms with Gasteiger partial charge in [-0.1, -0.05) is 18.2 Å². The van der Waals surface area contributed by atoms with Gasteiger partial charge >= 0.3 is 0 Å². The third-order valence-corrected chi connectivity index (χ3v) is 7.50. The molecule has 2 saturated heterocycles. The van der Waals surface area contributed by atoms with Crippen LogP contribution in [0.3, 0.4) is 0 Å². The highest BCUT2D eigenvalue weighted by molar-refractivity contribution is 5.97. The second kappa shape index (κ2) is 7.50. The molecule has 1 aliphatic carbocycles. The van der Waals surface area contributed by atoms with Crippen molar-refractivity contribution in [2.24, 2.45) is 11.3 Å². The van der Waals surface area contributed by atoms with Crippen LogP contribution in [-0.4, -0.2) is 57.3 Å². The second-order valence-corrected chi connectivity index (χ2v) is 9.99. The van der Waals surface area contributed by atoms with Gasteiger partial charge in [-0.15, -0.1) is 0 Å². The van der Waals surface area contributed by atoms with E-state index in [-0.39, 0.29) is 17.7 Å². The second-order valence-electron chi connectivity index (χ2n) is 9.99. The van der Waals surface area contributed by atoms with Gasteiger partial charge in [0, 0.05) is 49.9 Å². The Hall–Kier alpha value is -2.63. The summed E-state index contributed by atoms with van der Waals surface area (Å²) < 4.78 is 2.09. The molecule has 3 heterocycles. The molecule has 2 amide bonds.